The van der Waals surface area contributed by atoms with Crippen molar-refractivity contribution in [2.45, 2.75) is 13.0 Å². The van der Waals surface area contributed by atoms with Gasteiger partial charge in [0.2, 0.25) is 0 Å². The summed E-state index contributed by atoms with van der Waals surface area (Å²) in [6.45, 7) is 2.96. The Morgan fingerprint density at radius 1 is 1.45 bits per heavy atom. The van der Waals surface area contributed by atoms with Crippen molar-refractivity contribution in [3.05, 3.63) is 24.0 Å². The Hall–Kier alpha value is -2.31. The Balaban J connectivity index is 2.20. The molecule has 20 heavy (non-hydrogen) atoms. The van der Waals surface area contributed by atoms with Crippen LogP contribution in [0.4, 0.5) is 10.5 Å². The van der Waals surface area contributed by atoms with Gasteiger partial charge < -0.3 is 14.7 Å². The maximum absolute atomic E-state index is 11.8. The number of carbonyl (C=O) groups is 2. The summed E-state index contributed by atoms with van der Waals surface area (Å²) in [7, 11) is 1.26. The van der Waals surface area contributed by atoms with Crippen molar-refractivity contribution < 1.29 is 19.4 Å². The summed E-state index contributed by atoms with van der Waals surface area (Å²) in [5.74, 6) is -0.539. The molecule has 1 unspecified atom stereocenters. The van der Waals surface area contributed by atoms with Gasteiger partial charge in [0.1, 0.15) is 0 Å². The minimum absolute atomic E-state index is 0.260. The second-order valence-corrected chi connectivity index (χ2v) is 4.62. The van der Waals surface area contributed by atoms with Gasteiger partial charge in [-0.25, -0.2) is 9.59 Å². The van der Waals surface area contributed by atoms with Crippen molar-refractivity contribution in [1.82, 2.24) is 9.88 Å². The van der Waals surface area contributed by atoms with Gasteiger partial charge in [0.15, 0.2) is 6.04 Å². The number of rotatable bonds is 2. The number of carbonyl (C=O) groups excluding carboxylic acids is 1. The van der Waals surface area contributed by atoms with Crippen molar-refractivity contribution in [1.29, 1.82) is 0 Å². The molecule has 1 atom stereocenters. The number of amides is 1. The molecule has 0 spiro atoms. The molecule has 1 aliphatic rings. The summed E-state index contributed by atoms with van der Waals surface area (Å²) in [6, 6.07) is 2.95. The second-order valence-electron chi connectivity index (χ2n) is 4.62. The molecule has 1 amide bonds. The topological polar surface area (TPSA) is 83.0 Å². The van der Waals surface area contributed by atoms with Gasteiger partial charge in [0.25, 0.3) is 0 Å². The highest BCUT2D eigenvalue weighted by Gasteiger charge is 2.36. The van der Waals surface area contributed by atoms with Gasteiger partial charge in [-0.2, -0.15) is 0 Å². The van der Waals surface area contributed by atoms with Crippen LogP contribution in [0.3, 0.4) is 0 Å². The van der Waals surface area contributed by atoms with Gasteiger partial charge in [-0.05, 0) is 19.1 Å². The minimum Gasteiger partial charge on any atom is -0.467 e. The highest BCUT2D eigenvalue weighted by atomic mass is 16.5. The van der Waals surface area contributed by atoms with Crippen molar-refractivity contribution in [3.8, 4) is 0 Å². The molecule has 1 N–H and O–H groups in total. The van der Waals surface area contributed by atoms with Gasteiger partial charge >= 0.3 is 12.1 Å². The predicted octanol–water partition coefficient (Wildman–Crippen LogP) is 0.732. The van der Waals surface area contributed by atoms with Crippen LogP contribution in [0.5, 0.6) is 0 Å². The number of piperazine rings is 1. The Kier molecular flexibility index (Phi) is 4.07. The number of nitrogens with zero attached hydrogens (tertiary/aromatic N) is 3. The Morgan fingerprint density at radius 2 is 2.20 bits per heavy atom. The van der Waals surface area contributed by atoms with E-state index >= 15 is 0 Å². The van der Waals surface area contributed by atoms with E-state index in [0.29, 0.717) is 6.54 Å². The van der Waals surface area contributed by atoms with E-state index in [4.69, 9.17) is 9.84 Å². The fourth-order valence-corrected chi connectivity index (χ4v) is 2.31. The standard InChI is InChI=1S/C13H17N3O4/c1-9-7-10(3-4-14-9)15-5-6-16(13(18)19)11(8-15)12(17)20-2/h3-4,7,11H,5-6,8H2,1-2H3,(H,18,19). The smallest absolute Gasteiger partial charge is 0.408 e. The Labute approximate surface area is 116 Å². The third-order valence-electron chi connectivity index (χ3n) is 3.34. The van der Waals surface area contributed by atoms with Gasteiger partial charge in [-0.1, -0.05) is 0 Å². The molecule has 7 heteroatoms. The molecule has 1 saturated heterocycles. The lowest BCUT2D eigenvalue weighted by Crippen LogP contribution is -2.58. The number of ether oxygens (including phenoxy) is 1. The van der Waals surface area contributed by atoms with E-state index in [1.54, 1.807) is 6.20 Å². The van der Waals surface area contributed by atoms with Crippen LogP contribution in [-0.4, -0.2) is 59.8 Å². The number of aryl methyl sites for hydroxylation is 1. The summed E-state index contributed by atoms with van der Waals surface area (Å²) in [5, 5.41) is 9.14. The summed E-state index contributed by atoms with van der Waals surface area (Å²) in [4.78, 5) is 30.1. The van der Waals surface area contributed by atoms with Crippen LogP contribution in [0.2, 0.25) is 0 Å². The third-order valence-corrected chi connectivity index (χ3v) is 3.34. The van der Waals surface area contributed by atoms with E-state index in [9.17, 15) is 9.59 Å². The maximum atomic E-state index is 11.8. The van der Waals surface area contributed by atoms with Crippen LogP contribution in [0.25, 0.3) is 0 Å². The summed E-state index contributed by atoms with van der Waals surface area (Å²) in [6.07, 6.45) is 0.590. The lowest BCUT2D eigenvalue weighted by Gasteiger charge is -2.39. The first-order valence-electron chi connectivity index (χ1n) is 6.28. The molecule has 108 valence electrons. The van der Waals surface area contributed by atoms with Crippen LogP contribution in [0.1, 0.15) is 5.69 Å². The first-order chi connectivity index (χ1) is 9.52. The van der Waals surface area contributed by atoms with E-state index in [2.05, 4.69) is 4.98 Å². The van der Waals surface area contributed by atoms with E-state index in [1.165, 1.54) is 7.11 Å². The molecule has 1 aromatic heterocycles. The van der Waals surface area contributed by atoms with Gasteiger partial charge in [-0.3, -0.25) is 9.88 Å². The van der Waals surface area contributed by atoms with E-state index < -0.39 is 18.1 Å². The highest BCUT2D eigenvalue weighted by molar-refractivity contribution is 5.82. The van der Waals surface area contributed by atoms with Crippen LogP contribution in [0, 0.1) is 6.92 Å². The number of carboxylic acid groups (broad SMARTS) is 1. The second kappa shape index (κ2) is 5.77. The number of anilines is 1. The van der Waals surface area contributed by atoms with Crippen LogP contribution in [0.15, 0.2) is 18.3 Å². The molecule has 0 bridgehead atoms. The van der Waals surface area contributed by atoms with Crippen molar-refractivity contribution in [2.75, 3.05) is 31.6 Å². The molecule has 0 aliphatic carbocycles. The molecular formula is C13H17N3O4. The molecule has 2 heterocycles. The zero-order valence-corrected chi connectivity index (χ0v) is 11.4. The molecule has 0 saturated carbocycles. The van der Waals surface area contributed by atoms with E-state index in [1.807, 2.05) is 24.0 Å². The van der Waals surface area contributed by atoms with Gasteiger partial charge in [0.05, 0.1) is 7.11 Å². The molecule has 1 fully saturated rings. The number of hydrogen-bond acceptors (Lipinski definition) is 5. The maximum Gasteiger partial charge on any atom is 0.408 e. The zero-order chi connectivity index (χ0) is 14.7. The lowest BCUT2D eigenvalue weighted by atomic mass is 10.1. The lowest BCUT2D eigenvalue weighted by molar-refractivity contribution is -0.146. The van der Waals surface area contributed by atoms with Crippen molar-refractivity contribution >= 4 is 17.7 Å². The molecule has 1 aromatic rings. The van der Waals surface area contributed by atoms with Crippen LogP contribution in [-0.2, 0) is 9.53 Å². The number of aromatic nitrogens is 1. The largest absolute Gasteiger partial charge is 0.467 e. The molecule has 2 rings (SSSR count). The molecule has 1 aliphatic heterocycles. The minimum atomic E-state index is -1.11. The molecule has 0 aromatic carbocycles. The zero-order valence-electron chi connectivity index (χ0n) is 11.4. The average Bonchev–Trinajstić information content (AvgIpc) is 2.45. The number of esters is 1. The Morgan fingerprint density at radius 3 is 2.80 bits per heavy atom. The van der Waals surface area contributed by atoms with Crippen molar-refractivity contribution in [2.24, 2.45) is 0 Å². The van der Waals surface area contributed by atoms with Crippen LogP contribution >= 0.6 is 0 Å². The fourth-order valence-electron chi connectivity index (χ4n) is 2.31. The van der Waals surface area contributed by atoms with Crippen LogP contribution < -0.4 is 4.90 Å². The monoisotopic (exact) mass is 279 g/mol. The first-order valence-corrected chi connectivity index (χ1v) is 6.28. The predicted molar refractivity (Wildman–Crippen MR) is 71.7 cm³/mol. The van der Waals surface area contributed by atoms with Gasteiger partial charge in [-0.15, -0.1) is 0 Å². The molecule has 0 radical (unpaired) electrons. The number of methoxy groups -OCH3 is 1. The summed E-state index contributed by atoms with van der Waals surface area (Å²) >= 11 is 0. The quantitative estimate of drug-likeness (QED) is 0.804. The third kappa shape index (κ3) is 2.81. The number of hydrogen-bond donors (Lipinski definition) is 1. The summed E-state index contributed by atoms with van der Waals surface area (Å²) in [5.41, 5.74) is 1.80. The van der Waals surface area contributed by atoms with Gasteiger partial charge in [0, 0.05) is 37.2 Å². The number of pyridine rings is 1. The normalized spacial score (nSPS) is 18.8. The first kappa shape index (κ1) is 14.1. The molecular weight excluding hydrogens is 262 g/mol. The average molecular weight is 279 g/mol. The summed E-state index contributed by atoms with van der Waals surface area (Å²) < 4.78 is 4.70. The Bertz CT molecular complexity index is 520. The van der Waals surface area contributed by atoms with Crippen molar-refractivity contribution in [3.63, 3.8) is 0 Å². The molecule has 7 nitrogen and oxygen atoms in total. The van der Waals surface area contributed by atoms with E-state index in [0.717, 1.165) is 16.3 Å². The fraction of sp³-hybridized carbons (Fsp3) is 0.462. The SMILES string of the molecule is COC(=O)C1CN(c2ccnc(C)c2)CCN1C(=O)O. The van der Waals surface area contributed by atoms with E-state index in [-0.39, 0.29) is 13.1 Å². The highest BCUT2D eigenvalue weighted by Crippen LogP contribution is 2.20.